The summed E-state index contributed by atoms with van der Waals surface area (Å²) in [6, 6.07) is 3.62. The number of hydrogen-bond donors (Lipinski definition) is 1. The molecule has 15 heavy (non-hydrogen) atoms. The Morgan fingerprint density at radius 3 is 2.87 bits per heavy atom. The molecule has 84 valence electrons. The van der Waals surface area contributed by atoms with Crippen molar-refractivity contribution in [1.29, 1.82) is 0 Å². The van der Waals surface area contributed by atoms with Gasteiger partial charge in [-0.2, -0.15) is 0 Å². The molecular formula is C10H15ClN2OS. The Hall–Kier alpha value is -0.610. The highest BCUT2D eigenvalue weighted by atomic mass is 35.5. The molecule has 1 aromatic rings. The van der Waals surface area contributed by atoms with E-state index in [0.717, 1.165) is 18.8 Å². The monoisotopic (exact) mass is 246 g/mol. The molecule has 1 rings (SSSR count). The van der Waals surface area contributed by atoms with Crippen LogP contribution < -0.4 is 5.32 Å². The fraction of sp³-hybridized carbons (Fsp3) is 0.500. The molecule has 0 aliphatic rings. The molecule has 0 aliphatic carbocycles. The van der Waals surface area contributed by atoms with Gasteiger partial charge in [0.25, 0.3) is 0 Å². The third-order valence-corrected chi connectivity index (χ3v) is 3.74. The molecule has 2 atom stereocenters. The van der Waals surface area contributed by atoms with Crippen LogP contribution in [0.4, 0.5) is 5.82 Å². The smallest absolute Gasteiger partial charge is 0.125 e. The van der Waals surface area contributed by atoms with E-state index in [9.17, 15) is 4.21 Å². The van der Waals surface area contributed by atoms with Crippen LogP contribution in [0.15, 0.2) is 18.3 Å². The van der Waals surface area contributed by atoms with Crippen molar-refractivity contribution < 1.29 is 4.21 Å². The van der Waals surface area contributed by atoms with Gasteiger partial charge in [-0.3, -0.25) is 4.21 Å². The predicted octanol–water partition coefficient (Wildman–Crippen LogP) is 2.30. The first-order chi connectivity index (χ1) is 7.09. The number of nitrogens with one attached hydrogen (secondary N) is 1. The lowest BCUT2D eigenvalue weighted by atomic mass is 10.3. The minimum absolute atomic E-state index is 0.213. The topological polar surface area (TPSA) is 42.0 Å². The highest BCUT2D eigenvalue weighted by Crippen LogP contribution is 2.09. The number of aromatic nitrogens is 1. The summed E-state index contributed by atoms with van der Waals surface area (Å²) in [5.74, 6) is 0.800. The lowest BCUT2D eigenvalue weighted by Gasteiger charge is -2.09. The van der Waals surface area contributed by atoms with Crippen LogP contribution >= 0.6 is 11.6 Å². The van der Waals surface area contributed by atoms with Gasteiger partial charge in [-0.25, -0.2) is 4.98 Å². The van der Waals surface area contributed by atoms with Crippen molar-refractivity contribution in [2.24, 2.45) is 0 Å². The Balaban J connectivity index is 2.32. The van der Waals surface area contributed by atoms with Crippen LogP contribution in [0.2, 0.25) is 5.02 Å². The van der Waals surface area contributed by atoms with Crippen LogP contribution in [-0.2, 0) is 10.8 Å². The second-order valence-electron chi connectivity index (χ2n) is 3.39. The molecule has 0 spiro atoms. The van der Waals surface area contributed by atoms with Crippen LogP contribution in [0.5, 0.6) is 0 Å². The number of rotatable bonds is 5. The van der Waals surface area contributed by atoms with E-state index in [2.05, 4.69) is 10.3 Å². The molecule has 0 amide bonds. The van der Waals surface area contributed by atoms with Crippen molar-refractivity contribution in [2.75, 3.05) is 18.1 Å². The molecule has 0 aliphatic heterocycles. The summed E-state index contributed by atoms with van der Waals surface area (Å²) in [7, 11) is -0.753. The molecule has 3 nitrogen and oxygen atoms in total. The molecule has 0 fully saturated rings. The summed E-state index contributed by atoms with van der Waals surface area (Å²) < 4.78 is 11.1. The molecule has 2 unspecified atom stereocenters. The zero-order chi connectivity index (χ0) is 11.3. The summed E-state index contributed by atoms with van der Waals surface area (Å²) >= 11 is 5.71. The van der Waals surface area contributed by atoms with Crippen molar-refractivity contribution in [3.63, 3.8) is 0 Å². The van der Waals surface area contributed by atoms with Crippen molar-refractivity contribution in [2.45, 2.75) is 18.6 Å². The van der Waals surface area contributed by atoms with Gasteiger partial charge in [0, 0.05) is 35.0 Å². The van der Waals surface area contributed by atoms with Gasteiger partial charge >= 0.3 is 0 Å². The van der Waals surface area contributed by atoms with Crippen molar-refractivity contribution >= 4 is 28.2 Å². The van der Waals surface area contributed by atoms with E-state index in [0.29, 0.717) is 5.02 Å². The Morgan fingerprint density at radius 2 is 2.33 bits per heavy atom. The maximum absolute atomic E-state index is 11.1. The third kappa shape index (κ3) is 4.62. The first-order valence-corrected chi connectivity index (χ1v) is 6.77. The average molecular weight is 247 g/mol. The Labute approximate surface area is 97.7 Å². The SMILES string of the molecule is CC(CCNc1ccc(Cl)cn1)S(C)=O. The van der Waals surface area contributed by atoms with Gasteiger partial charge in [0.15, 0.2) is 0 Å². The molecule has 5 heteroatoms. The molecule has 0 bridgehead atoms. The number of nitrogens with zero attached hydrogens (tertiary/aromatic N) is 1. The third-order valence-electron chi connectivity index (χ3n) is 2.15. The molecule has 0 saturated heterocycles. The predicted molar refractivity (Wildman–Crippen MR) is 65.9 cm³/mol. The number of halogens is 1. The van der Waals surface area contributed by atoms with Crippen LogP contribution in [0.3, 0.4) is 0 Å². The molecule has 1 heterocycles. The maximum atomic E-state index is 11.1. The van der Waals surface area contributed by atoms with Gasteiger partial charge in [-0.15, -0.1) is 0 Å². The van der Waals surface area contributed by atoms with E-state index in [-0.39, 0.29) is 5.25 Å². The van der Waals surface area contributed by atoms with Gasteiger partial charge < -0.3 is 5.32 Å². The standard InChI is InChI=1S/C10H15ClN2OS/c1-8(15(2)14)5-6-12-10-4-3-9(11)7-13-10/h3-4,7-8H,5-6H2,1-2H3,(H,12,13). The van der Waals surface area contributed by atoms with Crippen LogP contribution in [-0.4, -0.2) is 27.2 Å². The second-order valence-corrected chi connectivity index (χ2v) is 5.62. The molecular weight excluding hydrogens is 232 g/mol. The van der Waals surface area contributed by atoms with Crippen molar-refractivity contribution in [3.05, 3.63) is 23.4 Å². The van der Waals surface area contributed by atoms with E-state index in [4.69, 9.17) is 11.6 Å². The molecule has 0 saturated carbocycles. The van der Waals surface area contributed by atoms with Gasteiger partial charge in [-0.1, -0.05) is 18.5 Å². The van der Waals surface area contributed by atoms with Crippen molar-refractivity contribution in [3.8, 4) is 0 Å². The summed E-state index contributed by atoms with van der Waals surface area (Å²) in [6.45, 7) is 2.75. The molecule has 1 aromatic heterocycles. The van der Waals surface area contributed by atoms with Crippen LogP contribution in [0.1, 0.15) is 13.3 Å². The first-order valence-electron chi connectivity index (χ1n) is 4.77. The van der Waals surface area contributed by atoms with Gasteiger partial charge in [0.2, 0.25) is 0 Å². The minimum Gasteiger partial charge on any atom is -0.370 e. The number of hydrogen-bond acceptors (Lipinski definition) is 3. The zero-order valence-corrected chi connectivity index (χ0v) is 10.4. The highest BCUT2D eigenvalue weighted by molar-refractivity contribution is 7.84. The highest BCUT2D eigenvalue weighted by Gasteiger charge is 2.05. The van der Waals surface area contributed by atoms with Gasteiger partial charge in [0.1, 0.15) is 5.82 Å². The fourth-order valence-electron chi connectivity index (χ4n) is 1.05. The summed E-state index contributed by atoms with van der Waals surface area (Å²) in [4.78, 5) is 4.10. The van der Waals surface area contributed by atoms with Gasteiger partial charge in [-0.05, 0) is 18.6 Å². The van der Waals surface area contributed by atoms with E-state index >= 15 is 0 Å². The summed E-state index contributed by atoms with van der Waals surface area (Å²) in [6.07, 6.45) is 4.20. The largest absolute Gasteiger partial charge is 0.370 e. The number of anilines is 1. The molecule has 0 aromatic carbocycles. The van der Waals surface area contributed by atoms with E-state index in [1.807, 2.05) is 13.0 Å². The second kappa shape index (κ2) is 6.08. The Bertz CT molecular complexity index is 329. The normalized spacial score (nSPS) is 14.6. The van der Waals surface area contributed by atoms with Crippen LogP contribution in [0, 0.1) is 0 Å². The Kier molecular flexibility index (Phi) is 5.05. The maximum Gasteiger partial charge on any atom is 0.125 e. The average Bonchev–Trinajstić information content (AvgIpc) is 2.20. The minimum atomic E-state index is -0.753. The van der Waals surface area contributed by atoms with E-state index < -0.39 is 10.8 Å². The van der Waals surface area contributed by atoms with Crippen LogP contribution in [0.25, 0.3) is 0 Å². The molecule has 0 radical (unpaired) electrons. The number of pyridine rings is 1. The van der Waals surface area contributed by atoms with Crippen molar-refractivity contribution in [1.82, 2.24) is 4.98 Å². The summed E-state index contributed by atoms with van der Waals surface area (Å²) in [5.41, 5.74) is 0. The zero-order valence-electron chi connectivity index (χ0n) is 8.87. The van der Waals surface area contributed by atoms with E-state index in [1.165, 1.54) is 0 Å². The fourth-order valence-corrected chi connectivity index (χ4v) is 1.61. The van der Waals surface area contributed by atoms with E-state index in [1.54, 1.807) is 18.5 Å². The van der Waals surface area contributed by atoms with Gasteiger partial charge in [0.05, 0.1) is 5.02 Å². The summed E-state index contributed by atoms with van der Waals surface area (Å²) in [5, 5.41) is 3.99. The quantitative estimate of drug-likeness (QED) is 0.867. The Morgan fingerprint density at radius 1 is 1.60 bits per heavy atom. The molecule has 1 N–H and O–H groups in total. The first kappa shape index (κ1) is 12.5. The lowest BCUT2D eigenvalue weighted by molar-refractivity contribution is 0.672. The lowest BCUT2D eigenvalue weighted by Crippen LogP contribution is -2.15.